The van der Waals surface area contributed by atoms with Crippen LogP contribution in [0.15, 0.2) is 206 Å². The summed E-state index contributed by atoms with van der Waals surface area (Å²) in [6.07, 6.45) is 0. The maximum Gasteiger partial charge on any atom is 0.0973 e. The van der Waals surface area contributed by atoms with Crippen molar-refractivity contribution in [2.24, 2.45) is 0 Å². The lowest BCUT2D eigenvalue weighted by atomic mass is 9.86. The van der Waals surface area contributed by atoms with Crippen LogP contribution in [-0.2, 0) is 0 Å². The molecule has 0 aliphatic carbocycles. The maximum atomic E-state index is 3.31. The molecule has 2 nitrogen and oxygen atoms in total. The maximum absolute atomic E-state index is 3.31. The van der Waals surface area contributed by atoms with Crippen molar-refractivity contribution in [3.8, 4) is 22.3 Å². The zero-order chi connectivity index (χ0) is 34.7. The van der Waals surface area contributed by atoms with Crippen LogP contribution in [0.1, 0.15) is 0 Å². The molecule has 0 aromatic heterocycles. The van der Waals surface area contributed by atoms with Crippen LogP contribution < -0.4 is 9.80 Å². The number of rotatable bonds is 8. The van der Waals surface area contributed by atoms with Crippen LogP contribution in [0.3, 0.4) is 0 Å². The summed E-state index contributed by atoms with van der Waals surface area (Å²) in [5.74, 6) is 0. The molecule has 9 aromatic carbocycles. The van der Waals surface area contributed by atoms with Crippen LogP contribution >= 0.6 is 0 Å². The van der Waals surface area contributed by atoms with Crippen LogP contribution in [0, 0.1) is 12.1 Å². The minimum absolute atomic E-state index is 0.948. The van der Waals surface area contributed by atoms with Gasteiger partial charge in [0.25, 0.3) is 0 Å². The second-order valence-corrected chi connectivity index (χ2v) is 12.8. The zero-order valence-electron chi connectivity index (χ0n) is 28.5. The number of anilines is 6. The SMILES string of the molecule is c1cccc(N(c2ccccc2)c2ccc(-c3c4ccccc4c(-c4ccc(N(c5ccccc5)c5ccccc5)cc4)c4ccccc34)cc2)c#1. The van der Waals surface area contributed by atoms with Gasteiger partial charge in [-0.15, -0.1) is 0 Å². The number of nitrogens with zero attached hydrogens (tertiary/aromatic N) is 2. The number of hydrogen-bond donors (Lipinski definition) is 0. The highest BCUT2D eigenvalue weighted by Crippen LogP contribution is 2.45. The van der Waals surface area contributed by atoms with Gasteiger partial charge in [-0.1, -0.05) is 140 Å². The third-order valence-corrected chi connectivity index (χ3v) is 9.68. The third-order valence-electron chi connectivity index (χ3n) is 9.68. The highest BCUT2D eigenvalue weighted by molar-refractivity contribution is 6.21. The molecular formula is C50H34N2. The summed E-state index contributed by atoms with van der Waals surface area (Å²) in [5, 5.41) is 4.93. The Bertz CT molecular complexity index is 2260. The number of para-hydroxylation sites is 3. The van der Waals surface area contributed by atoms with Crippen LogP contribution in [0.4, 0.5) is 34.1 Å². The van der Waals surface area contributed by atoms with Gasteiger partial charge in [-0.2, -0.15) is 0 Å². The van der Waals surface area contributed by atoms with Gasteiger partial charge in [0.1, 0.15) is 0 Å². The highest BCUT2D eigenvalue weighted by Gasteiger charge is 2.19. The van der Waals surface area contributed by atoms with Crippen molar-refractivity contribution in [2.75, 3.05) is 9.80 Å². The van der Waals surface area contributed by atoms with E-state index in [2.05, 4.69) is 210 Å². The lowest BCUT2D eigenvalue weighted by Crippen LogP contribution is -2.09. The minimum atomic E-state index is 0.948. The molecule has 0 aliphatic heterocycles. The van der Waals surface area contributed by atoms with Gasteiger partial charge in [-0.25, -0.2) is 0 Å². The van der Waals surface area contributed by atoms with E-state index in [1.807, 2.05) is 18.2 Å². The Kier molecular flexibility index (Phi) is 8.14. The van der Waals surface area contributed by atoms with Crippen LogP contribution in [-0.4, -0.2) is 0 Å². The van der Waals surface area contributed by atoms with E-state index in [4.69, 9.17) is 0 Å². The molecule has 244 valence electrons. The molecule has 0 heterocycles. The molecule has 52 heavy (non-hydrogen) atoms. The van der Waals surface area contributed by atoms with Gasteiger partial charge in [-0.05, 0) is 123 Å². The van der Waals surface area contributed by atoms with E-state index in [9.17, 15) is 0 Å². The van der Waals surface area contributed by atoms with E-state index >= 15 is 0 Å². The molecule has 0 bridgehead atoms. The molecule has 2 heteroatoms. The fourth-order valence-corrected chi connectivity index (χ4v) is 7.39. The fraction of sp³-hybridized carbons (Fsp3) is 0. The molecule has 0 amide bonds. The van der Waals surface area contributed by atoms with E-state index < -0.39 is 0 Å². The van der Waals surface area contributed by atoms with Crippen LogP contribution in [0.25, 0.3) is 43.8 Å². The van der Waals surface area contributed by atoms with Crippen molar-refractivity contribution >= 4 is 55.7 Å². The Morgan fingerprint density at radius 2 is 0.635 bits per heavy atom. The van der Waals surface area contributed by atoms with Gasteiger partial charge in [0.15, 0.2) is 0 Å². The first kappa shape index (κ1) is 30.9. The molecule has 0 N–H and O–H groups in total. The second-order valence-electron chi connectivity index (χ2n) is 12.8. The van der Waals surface area contributed by atoms with Gasteiger partial charge in [0.2, 0.25) is 0 Å². The smallest absolute Gasteiger partial charge is 0.0973 e. The van der Waals surface area contributed by atoms with E-state index in [0.29, 0.717) is 0 Å². The van der Waals surface area contributed by atoms with E-state index in [0.717, 1.165) is 34.1 Å². The van der Waals surface area contributed by atoms with Crippen molar-refractivity contribution in [2.45, 2.75) is 0 Å². The van der Waals surface area contributed by atoms with Gasteiger partial charge in [-0.3, -0.25) is 0 Å². The first-order valence-electron chi connectivity index (χ1n) is 17.6. The van der Waals surface area contributed by atoms with Gasteiger partial charge in [0.05, 0.1) is 5.69 Å². The molecule has 0 aliphatic rings. The lowest BCUT2D eigenvalue weighted by Gasteiger charge is -2.26. The molecule has 0 spiro atoms. The number of fused-ring (bicyclic) bond motifs is 2. The Morgan fingerprint density at radius 3 is 1.02 bits per heavy atom. The molecular weight excluding hydrogens is 629 g/mol. The molecule has 0 atom stereocenters. The predicted octanol–water partition coefficient (Wildman–Crippen LogP) is 13.9. The summed E-state index contributed by atoms with van der Waals surface area (Å²) in [6, 6.07) is 79.6. The number of hydrogen-bond acceptors (Lipinski definition) is 2. The highest BCUT2D eigenvalue weighted by atomic mass is 15.1. The number of benzene rings is 8. The Morgan fingerprint density at radius 1 is 0.288 bits per heavy atom. The Hall–Kier alpha value is -7.08. The molecule has 0 fully saturated rings. The average Bonchev–Trinajstić information content (AvgIpc) is 3.22. The van der Waals surface area contributed by atoms with Crippen molar-refractivity contribution < 1.29 is 0 Å². The van der Waals surface area contributed by atoms with Crippen LogP contribution in [0.5, 0.6) is 0 Å². The van der Waals surface area contributed by atoms with Crippen molar-refractivity contribution in [1.82, 2.24) is 0 Å². The standard InChI is InChI=1S/C50H34N2/c1-5-17-39(18-6-1)51(40-19-7-2-8-20-40)43-33-29-37(30-34-43)49-45-25-13-15-27-47(45)50(48-28-16-14-26-46(48)49)38-31-35-44(36-32-38)52(41-21-9-3-10-22-41)42-23-11-4-12-24-42/h1-11,13-23,25-36H. The Balaban J connectivity index is 1.16. The summed E-state index contributed by atoms with van der Waals surface area (Å²) in [7, 11) is 0. The fourth-order valence-electron chi connectivity index (χ4n) is 7.39. The molecule has 9 rings (SSSR count). The average molecular weight is 663 g/mol. The molecule has 0 unspecified atom stereocenters. The quantitative estimate of drug-likeness (QED) is 0.149. The topological polar surface area (TPSA) is 6.48 Å². The first-order valence-corrected chi connectivity index (χ1v) is 17.6. The van der Waals surface area contributed by atoms with E-state index in [1.165, 1.54) is 43.8 Å². The Labute approximate surface area is 305 Å². The molecule has 9 aromatic rings. The summed E-state index contributed by atoms with van der Waals surface area (Å²) < 4.78 is 0. The van der Waals surface area contributed by atoms with Crippen molar-refractivity contribution in [3.05, 3.63) is 218 Å². The minimum Gasteiger partial charge on any atom is -0.311 e. The summed E-state index contributed by atoms with van der Waals surface area (Å²) in [4.78, 5) is 4.53. The molecule has 0 radical (unpaired) electrons. The first-order chi connectivity index (χ1) is 25.8. The molecule has 0 saturated carbocycles. The summed E-state index contributed by atoms with van der Waals surface area (Å²) in [5.41, 5.74) is 11.3. The van der Waals surface area contributed by atoms with Gasteiger partial charge < -0.3 is 9.80 Å². The lowest BCUT2D eigenvalue weighted by molar-refractivity contribution is 1.28. The monoisotopic (exact) mass is 662 g/mol. The van der Waals surface area contributed by atoms with Gasteiger partial charge in [0, 0.05) is 28.4 Å². The largest absolute Gasteiger partial charge is 0.311 e. The van der Waals surface area contributed by atoms with Crippen LogP contribution in [0.2, 0.25) is 0 Å². The van der Waals surface area contributed by atoms with Crippen molar-refractivity contribution in [3.63, 3.8) is 0 Å². The normalized spacial score (nSPS) is 10.9. The van der Waals surface area contributed by atoms with Gasteiger partial charge >= 0.3 is 0 Å². The third kappa shape index (κ3) is 5.71. The molecule has 0 saturated heterocycles. The predicted molar refractivity (Wildman–Crippen MR) is 219 cm³/mol. The summed E-state index contributed by atoms with van der Waals surface area (Å²) >= 11 is 0. The second kappa shape index (κ2) is 13.7. The van der Waals surface area contributed by atoms with E-state index in [-0.39, 0.29) is 0 Å². The zero-order valence-corrected chi connectivity index (χ0v) is 28.5. The van der Waals surface area contributed by atoms with E-state index in [1.54, 1.807) is 0 Å². The van der Waals surface area contributed by atoms with Crippen molar-refractivity contribution in [1.29, 1.82) is 0 Å². The summed E-state index contributed by atoms with van der Waals surface area (Å²) in [6.45, 7) is 0.